The fourth-order valence-electron chi connectivity index (χ4n) is 3.00. The summed E-state index contributed by atoms with van der Waals surface area (Å²) >= 11 is 0. The third-order valence-corrected chi connectivity index (χ3v) is 4.78. The normalized spacial score (nSPS) is 14.8. The minimum Gasteiger partial charge on any atom is -0.449 e. The zero-order chi connectivity index (χ0) is 20.8. The van der Waals surface area contributed by atoms with Gasteiger partial charge in [-0.3, -0.25) is 4.79 Å². The van der Waals surface area contributed by atoms with Crippen molar-refractivity contribution in [1.29, 1.82) is 0 Å². The van der Waals surface area contributed by atoms with E-state index in [1.807, 2.05) is 55.4 Å². The Bertz CT molecular complexity index is 828. The molecule has 1 N–H and O–H groups in total. The molecule has 29 heavy (non-hydrogen) atoms. The number of anilines is 3. The van der Waals surface area contributed by atoms with Gasteiger partial charge in [0.15, 0.2) is 6.10 Å². The highest BCUT2D eigenvalue weighted by molar-refractivity contribution is 5.97. The maximum atomic E-state index is 12.4. The summed E-state index contributed by atoms with van der Waals surface area (Å²) in [5.74, 6) is -0.900. The van der Waals surface area contributed by atoms with E-state index in [-0.39, 0.29) is 5.91 Å². The lowest BCUT2D eigenvalue weighted by Gasteiger charge is -2.28. The number of amides is 1. The van der Waals surface area contributed by atoms with Crippen LogP contribution >= 0.6 is 0 Å². The molecule has 1 atom stereocenters. The molecule has 0 radical (unpaired) electrons. The Morgan fingerprint density at radius 3 is 2.24 bits per heavy atom. The molecule has 1 aliphatic rings. The van der Waals surface area contributed by atoms with Gasteiger partial charge in [-0.1, -0.05) is 0 Å². The summed E-state index contributed by atoms with van der Waals surface area (Å²) in [7, 11) is 3.85. The van der Waals surface area contributed by atoms with E-state index in [9.17, 15) is 9.59 Å². The van der Waals surface area contributed by atoms with Crippen LogP contribution in [0.3, 0.4) is 0 Å². The number of benzene rings is 2. The van der Waals surface area contributed by atoms with Gasteiger partial charge >= 0.3 is 5.97 Å². The van der Waals surface area contributed by atoms with Gasteiger partial charge in [0.2, 0.25) is 0 Å². The van der Waals surface area contributed by atoms with Gasteiger partial charge in [0.05, 0.1) is 18.8 Å². The summed E-state index contributed by atoms with van der Waals surface area (Å²) in [5.41, 5.74) is 3.13. The van der Waals surface area contributed by atoms with E-state index in [1.165, 1.54) is 0 Å². The zero-order valence-corrected chi connectivity index (χ0v) is 17.1. The first-order chi connectivity index (χ1) is 13.9. The van der Waals surface area contributed by atoms with Crippen molar-refractivity contribution in [1.82, 2.24) is 0 Å². The number of morpholine rings is 1. The van der Waals surface area contributed by atoms with Crippen LogP contribution in [0.25, 0.3) is 0 Å². The Hall–Kier alpha value is -3.06. The Kier molecular flexibility index (Phi) is 6.72. The van der Waals surface area contributed by atoms with Crippen LogP contribution in [0.15, 0.2) is 48.5 Å². The summed E-state index contributed by atoms with van der Waals surface area (Å²) in [6.45, 7) is 4.71. The van der Waals surface area contributed by atoms with Gasteiger partial charge in [-0.15, -0.1) is 0 Å². The summed E-state index contributed by atoms with van der Waals surface area (Å²) in [6.07, 6.45) is -0.907. The molecule has 0 spiro atoms. The predicted octanol–water partition coefficient (Wildman–Crippen LogP) is 2.77. The molecule has 2 aromatic rings. The zero-order valence-electron chi connectivity index (χ0n) is 17.1. The lowest BCUT2D eigenvalue weighted by molar-refractivity contribution is -0.123. The SMILES string of the molecule is C[C@@H](OC(=O)c1ccc(N(C)C)cc1)C(=O)Nc1ccc(N2CCOCC2)cc1. The van der Waals surface area contributed by atoms with E-state index in [2.05, 4.69) is 10.2 Å². The highest BCUT2D eigenvalue weighted by Crippen LogP contribution is 2.19. The molecule has 7 nitrogen and oxygen atoms in total. The fraction of sp³-hybridized carbons (Fsp3) is 0.364. The van der Waals surface area contributed by atoms with Crippen LogP contribution in [0.5, 0.6) is 0 Å². The monoisotopic (exact) mass is 397 g/mol. The molecular formula is C22H27N3O4. The van der Waals surface area contributed by atoms with Crippen molar-refractivity contribution in [3.8, 4) is 0 Å². The average molecular weight is 397 g/mol. The van der Waals surface area contributed by atoms with Crippen molar-refractivity contribution < 1.29 is 19.1 Å². The molecule has 1 heterocycles. The van der Waals surface area contributed by atoms with Gasteiger partial charge in [-0.25, -0.2) is 4.79 Å². The van der Waals surface area contributed by atoms with Crippen LogP contribution in [0, 0.1) is 0 Å². The highest BCUT2D eigenvalue weighted by Gasteiger charge is 2.19. The smallest absolute Gasteiger partial charge is 0.338 e. The number of nitrogens with zero attached hydrogens (tertiary/aromatic N) is 2. The van der Waals surface area contributed by atoms with Gasteiger partial charge < -0.3 is 24.6 Å². The van der Waals surface area contributed by atoms with E-state index in [0.717, 1.165) is 37.7 Å². The molecule has 1 amide bonds. The molecule has 0 unspecified atom stereocenters. The molecule has 1 aliphatic heterocycles. The van der Waals surface area contributed by atoms with Crippen LogP contribution in [-0.4, -0.2) is 58.4 Å². The molecule has 154 valence electrons. The molecule has 3 rings (SSSR count). The van der Waals surface area contributed by atoms with E-state index < -0.39 is 12.1 Å². The summed E-state index contributed by atoms with van der Waals surface area (Å²) < 4.78 is 10.7. The van der Waals surface area contributed by atoms with E-state index in [1.54, 1.807) is 19.1 Å². The van der Waals surface area contributed by atoms with E-state index >= 15 is 0 Å². The molecular weight excluding hydrogens is 370 g/mol. The van der Waals surface area contributed by atoms with Gasteiger partial charge in [0.1, 0.15) is 0 Å². The van der Waals surface area contributed by atoms with Crippen molar-refractivity contribution in [3.63, 3.8) is 0 Å². The van der Waals surface area contributed by atoms with Crippen LogP contribution in [-0.2, 0) is 14.3 Å². The maximum absolute atomic E-state index is 12.4. The third kappa shape index (κ3) is 5.48. The van der Waals surface area contributed by atoms with Gasteiger partial charge in [-0.05, 0) is 55.5 Å². The predicted molar refractivity (Wildman–Crippen MR) is 114 cm³/mol. The number of carbonyl (C=O) groups is 2. The van der Waals surface area contributed by atoms with Crippen molar-refractivity contribution in [2.24, 2.45) is 0 Å². The first-order valence-corrected chi connectivity index (χ1v) is 9.66. The maximum Gasteiger partial charge on any atom is 0.338 e. The minimum atomic E-state index is -0.907. The molecule has 2 aromatic carbocycles. The van der Waals surface area contributed by atoms with Gasteiger partial charge in [0.25, 0.3) is 5.91 Å². The van der Waals surface area contributed by atoms with Crippen LogP contribution in [0.4, 0.5) is 17.1 Å². The second kappa shape index (κ2) is 9.43. The number of carbonyl (C=O) groups excluding carboxylic acids is 2. The largest absolute Gasteiger partial charge is 0.449 e. The summed E-state index contributed by atoms with van der Waals surface area (Å²) in [6, 6.07) is 14.6. The average Bonchev–Trinajstić information content (AvgIpc) is 2.74. The van der Waals surface area contributed by atoms with E-state index in [4.69, 9.17) is 9.47 Å². The lowest BCUT2D eigenvalue weighted by atomic mass is 10.2. The van der Waals surface area contributed by atoms with Crippen molar-refractivity contribution in [2.45, 2.75) is 13.0 Å². The Morgan fingerprint density at radius 1 is 1.03 bits per heavy atom. The standard InChI is InChI=1S/C22H27N3O4/c1-16(29-22(27)17-4-8-19(9-5-17)24(2)3)21(26)23-18-6-10-20(11-7-18)25-12-14-28-15-13-25/h4-11,16H,12-15H2,1-3H3,(H,23,26)/t16-/m1/s1. The van der Waals surface area contributed by atoms with Crippen LogP contribution < -0.4 is 15.1 Å². The number of hydrogen-bond acceptors (Lipinski definition) is 6. The van der Waals surface area contributed by atoms with Crippen LogP contribution in [0.1, 0.15) is 17.3 Å². The van der Waals surface area contributed by atoms with Crippen molar-refractivity contribution in [3.05, 3.63) is 54.1 Å². The topological polar surface area (TPSA) is 71.1 Å². The Balaban J connectivity index is 1.53. The van der Waals surface area contributed by atoms with Crippen molar-refractivity contribution in [2.75, 3.05) is 55.5 Å². The minimum absolute atomic E-state index is 0.373. The first kappa shape index (κ1) is 20.7. The first-order valence-electron chi connectivity index (χ1n) is 9.66. The molecule has 1 saturated heterocycles. The third-order valence-electron chi connectivity index (χ3n) is 4.78. The quantitative estimate of drug-likeness (QED) is 0.756. The molecule has 0 aliphatic carbocycles. The van der Waals surface area contributed by atoms with E-state index in [0.29, 0.717) is 11.3 Å². The van der Waals surface area contributed by atoms with Crippen LogP contribution in [0.2, 0.25) is 0 Å². The highest BCUT2D eigenvalue weighted by atomic mass is 16.5. The number of hydrogen-bond donors (Lipinski definition) is 1. The lowest BCUT2D eigenvalue weighted by Crippen LogP contribution is -2.36. The number of esters is 1. The summed E-state index contributed by atoms with van der Waals surface area (Å²) in [4.78, 5) is 28.8. The number of rotatable bonds is 6. The van der Waals surface area contributed by atoms with Crippen molar-refractivity contribution >= 4 is 28.9 Å². The second-order valence-electron chi connectivity index (χ2n) is 7.12. The fourth-order valence-corrected chi connectivity index (χ4v) is 3.00. The molecule has 0 bridgehead atoms. The number of nitrogens with one attached hydrogen (secondary N) is 1. The molecule has 1 fully saturated rings. The Labute approximate surface area is 171 Å². The summed E-state index contributed by atoms with van der Waals surface area (Å²) in [5, 5.41) is 2.79. The number of ether oxygens (including phenoxy) is 2. The van der Waals surface area contributed by atoms with Gasteiger partial charge in [0, 0.05) is 44.2 Å². The molecule has 7 heteroatoms. The second-order valence-corrected chi connectivity index (χ2v) is 7.12. The Morgan fingerprint density at radius 2 is 1.66 bits per heavy atom. The molecule has 0 aromatic heterocycles. The van der Waals surface area contributed by atoms with Gasteiger partial charge in [-0.2, -0.15) is 0 Å². The molecule has 0 saturated carbocycles.